The van der Waals surface area contributed by atoms with Crippen LogP contribution in [0.15, 0.2) is 12.1 Å². The Morgan fingerprint density at radius 2 is 2.26 bits per heavy atom. The normalized spacial score (nSPS) is 42.3. The quantitative estimate of drug-likeness (QED) is 0.922. The van der Waals surface area contributed by atoms with Crippen LogP contribution in [0.5, 0.6) is 11.5 Å². The number of methoxy groups -OCH3 is 2. The number of hydrogen-bond acceptors (Lipinski definition) is 4. The first-order chi connectivity index (χ1) is 14.5. The van der Waals surface area contributed by atoms with E-state index in [0.29, 0.717) is 23.5 Å². The van der Waals surface area contributed by atoms with E-state index in [-0.39, 0.29) is 13.0 Å². The van der Waals surface area contributed by atoms with Crippen molar-refractivity contribution in [2.45, 2.75) is 45.1 Å². The average Bonchev–Trinajstić information content (AvgIpc) is 2.64. The van der Waals surface area contributed by atoms with E-state index >= 15 is 0 Å². The van der Waals surface area contributed by atoms with Gasteiger partial charge in [-0.3, -0.25) is 4.90 Å². The predicted molar refractivity (Wildman–Crippen MR) is 91.1 cm³/mol. The summed E-state index contributed by atoms with van der Waals surface area (Å²) in [5.41, 5.74) is 1.14. The molecule has 3 rings (SSSR count). The van der Waals surface area contributed by atoms with Gasteiger partial charge in [0, 0.05) is 30.0 Å². The van der Waals surface area contributed by atoms with Gasteiger partial charge < -0.3 is 14.6 Å². The van der Waals surface area contributed by atoms with E-state index in [2.05, 4.69) is 0 Å². The van der Waals surface area contributed by atoms with E-state index in [1.165, 1.54) is 19.1 Å². The van der Waals surface area contributed by atoms with E-state index in [4.69, 9.17) is 21.8 Å². The highest BCUT2D eigenvalue weighted by atomic mass is 16.5. The van der Waals surface area contributed by atoms with Gasteiger partial charge >= 0.3 is 0 Å². The molecule has 2 heterocycles. The van der Waals surface area contributed by atoms with Crippen LogP contribution in [0, 0.1) is 11.8 Å². The standard InChI is InChI=1S/C19H29NO3/c1-12(2)7-14-11-20-6-5-13-8-18(22-3)19(23-4)9-15(13)16(20)10-17(14)21/h8-9,12,14,16-17,21H,5-7,10-11H2,1-4H3/i1D3,7D2,11D2,12D,16D. The minimum Gasteiger partial charge on any atom is -0.493 e. The lowest BCUT2D eigenvalue weighted by atomic mass is 9.79. The zero-order valence-electron chi connectivity index (χ0n) is 22.6. The molecule has 0 spiro atoms. The molecule has 4 atom stereocenters. The molecular formula is C19H29NO3. The summed E-state index contributed by atoms with van der Waals surface area (Å²) in [6.07, 6.45) is -4.67. The Morgan fingerprint density at radius 1 is 1.52 bits per heavy atom. The van der Waals surface area contributed by atoms with E-state index in [9.17, 15) is 5.11 Å². The highest BCUT2D eigenvalue weighted by Gasteiger charge is 2.38. The lowest BCUT2D eigenvalue weighted by Gasteiger charge is -2.46. The van der Waals surface area contributed by atoms with Gasteiger partial charge in [0.15, 0.2) is 11.5 Å². The molecule has 1 saturated heterocycles. The predicted octanol–water partition coefficient (Wildman–Crippen LogP) is 3.03. The number of fused-ring (bicyclic) bond motifs is 3. The first-order valence-electron chi connectivity index (χ1n) is 12.2. The highest BCUT2D eigenvalue weighted by molar-refractivity contribution is 5.49. The van der Waals surface area contributed by atoms with Crippen molar-refractivity contribution in [3.05, 3.63) is 23.3 Å². The van der Waals surface area contributed by atoms with Crippen LogP contribution in [-0.2, 0) is 6.42 Å². The van der Waals surface area contributed by atoms with Gasteiger partial charge in [0.25, 0.3) is 0 Å². The molecule has 0 aliphatic carbocycles. The van der Waals surface area contributed by atoms with Crippen LogP contribution in [0.4, 0.5) is 0 Å². The Hall–Kier alpha value is -1.26. The van der Waals surface area contributed by atoms with Gasteiger partial charge in [-0.15, -0.1) is 0 Å². The Balaban J connectivity index is 2.13. The van der Waals surface area contributed by atoms with Crippen LogP contribution in [0.1, 0.15) is 56.1 Å². The molecule has 23 heavy (non-hydrogen) atoms. The van der Waals surface area contributed by atoms with Crippen molar-refractivity contribution < 1.29 is 26.9 Å². The average molecular weight is 328 g/mol. The molecular weight excluding hydrogens is 290 g/mol. The monoisotopic (exact) mass is 328 g/mol. The van der Waals surface area contributed by atoms with E-state index in [1.54, 1.807) is 12.1 Å². The fourth-order valence-corrected chi connectivity index (χ4v) is 3.20. The Kier molecular flexibility index (Phi) is 2.54. The third-order valence-electron chi connectivity index (χ3n) is 4.31. The zero-order chi connectivity index (χ0) is 24.5. The first kappa shape index (κ1) is 8.72. The number of ether oxygens (including phenoxy) is 2. The smallest absolute Gasteiger partial charge is 0.161 e. The minimum atomic E-state index is -3.06. The second-order valence-corrected chi connectivity index (χ2v) is 5.86. The van der Waals surface area contributed by atoms with Gasteiger partial charge in [-0.1, -0.05) is 13.8 Å². The summed E-state index contributed by atoms with van der Waals surface area (Å²) in [5, 5.41) is 11.0. The number of nitrogens with zero attached hydrogens (tertiary/aromatic N) is 1. The maximum atomic E-state index is 11.0. The molecule has 1 fully saturated rings. The fourth-order valence-electron chi connectivity index (χ4n) is 3.20. The van der Waals surface area contributed by atoms with E-state index < -0.39 is 43.7 Å². The summed E-state index contributed by atoms with van der Waals surface area (Å²) < 4.78 is 85.5. The molecule has 2 aliphatic heterocycles. The zero-order valence-corrected chi connectivity index (χ0v) is 13.6. The van der Waals surface area contributed by atoms with Crippen molar-refractivity contribution in [1.82, 2.24) is 4.90 Å². The number of piperidine rings is 1. The van der Waals surface area contributed by atoms with Gasteiger partial charge in [-0.2, -0.15) is 0 Å². The number of aliphatic hydroxyl groups is 1. The lowest BCUT2D eigenvalue weighted by Crippen LogP contribution is -2.48. The van der Waals surface area contributed by atoms with Crippen LogP contribution in [0.2, 0.25) is 0 Å². The largest absolute Gasteiger partial charge is 0.493 e. The van der Waals surface area contributed by atoms with Gasteiger partial charge in [0.05, 0.1) is 21.7 Å². The van der Waals surface area contributed by atoms with E-state index in [1.807, 2.05) is 0 Å². The van der Waals surface area contributed by atoms with Crippen LogP contribution in [0.25, 0.3) is 0 Å². The lowest BCUT2D eigenvalue weighted by molar-refractivity contribution is -0.0191. The SMILES string of the molecule is [2H]C12CC(O)C(C([2H])([2H])C([2H])(C)C([2H])([2H])[2H])C([2H])([2H])N1CCc1cc(OC)c(OC)cc12. The molecule has 0 amide bonds. The van der Waals surface area contributed by atoms with Crippen LogP contribution in [0.3, 0.4) is 0 Å². The van der Waals surface area contributed by atoms with Gasteiger partial charge in [0.1, 0.15) is 0 Å². The number of benzene rings is 1. The third kappa shape index (κ3) is 3.20. The molecule has 1 aromatic rings. The van der Waals surface area contributed by atoms with Gasteiger partial charge in [-0.05, 0) is 54.3 Å². The maximum Gasteiger partial charge on any atom is 0.161 e. The number of hydrogen-bond donors (Lipinski definition) is 1. The molecule has 4 heteroatoms. The first-order valence-corrected chi connectivity index (χ1v) is 7.68. The Labute approximate surface area is 152 Å². The van der Waals surface area contributed by atoms with Crippen molar-refractivity contribution >= 4 is 0 Å². The van der Waals surface area contributed by atoms with E-state index in [0.717, 1.165) is 12.5 Å². The van der Waals surface area contributed by atoms with Crippen molar-refractivity contribution in [1.29, 1.82) is 0 Å². The van der Waals surface area contributed by atoms with Gasteiger partial charge in [-0.25, -0.2) is 0 Å². The van der Waals surface area contributed by atoms with Crippen LogP contribution < -0.4 is 9.47 Å². The molecule has 2 aliphatic rings. The molecule has 0 bridgehead atoms. The third-order valence-corrected chi connectivity index (χ3v) is 4.31. The highest BCUT2D eigenvalue weighted by Crippen LogP contribution is 2.43. The molecule has 0 aromatic heterocycles. The summed E-state index contributed by atoms with van der Waals surface area (Å²) in [5.74, 6) is -3.75. The summed E-state index contributed by atoms with van der Waals surface area (Å²) in [4.78, 5) is 1.17. The molecule has 128 valence electrons. The Morgan fingerprint density at radius 3 is 2.96 bits per heavy atom. The summed E-state index contributed by atoms with van der Waals surface area (Å²) in [6, 6.07) is 1.54. The number of aliphatic hydroxyl groups excluding tert-OH is 1. The number of rotatable bonds is 4. The summed E-state index contributed by atoms with van der Waals surface area (Å²) in [7, 11) is 2.92. The molecule has 4 unspecified atom stereocenters. The van der Waals surface area contributed by atoms with Crippen molar-refractivity contribution in [3.63, 3.8) is 0 Å². The molecule has 0 radical (unpaired) electrons. The maximum absolute atomic E-state index is 11.0. The molecule has 1 aromatic carbocycles. The Bertz CT molecular complexity index is 890. The van der Waals surface area contributed by atoms with Crippen molar-refractivity contribution in [2.24, 2.45) is 11.8 Å². The van der Waals surface area contributed by atoms with Crippen molar-refractivity contribution in [2.75, 3.05) is 27.3 Å². The van der Waals surface area contributed by atoms with Crippen LogP contribution in [-0.4, -0.2) is 43.4 Å². The summed E-state index contributed by atoms with van der Waals surface area (Å²) in [6.45, 7) is -4.73. The second-order valence-electron chi connectivity index (χ2n) is 5.86. The molecule has 1 N–H and O–H groups in total. The molecule has 0 saturated carbocycles. The minimum absolute atomic E-state index is 0.0424. The van der Waals surface area contributed by atoms with Gasteiger partial charge in [0.2, 0.25) is 0 Å². The summed E-state index contributed by atoms with van der Waals surface area (Å²) >= 11 is 0. The van der Waals surface area contributed by atoms with Crippen LogP contribution >= 0.6 is 0 Å². The fraction of sp³-hybridized carbons (Fsp3) is 0.684. The van der Waals surface area contributed by atoms with Crippen molar-refractivity contribution in [3.8, 4) is 11.5 Å². The second kappa shape index (κ2) is 6.70. The molecule has 4 nitrogen and oxygen atoms in total. The topological polar surface area (TPSA) is 41.9 Å².